The van der Waals surface area contributed by atoms with Gasteiger partial charge >= 0.3 is 7.82 Å². The van der Waals surface area contributed by atoms with Crippen LogP contribution in [-0.2, 0) is 23.2 Å². The van der Waals surface area contributed by atoms with Crippen molar-refractivity contribution in [3.05, 3.63) is 0 Å². The number of phosphoric ester groups is 1. The first kappa shape index (κ1) is 12.4. The van der Waals surface area contributed by atoms with Crippen molar-refractivity contribution >= 4 is 19.4 Å². The van der Waals surface area contributed by atoms with Crippen molar-refractivity contribution in [2.24, 2.45) is 0 Å². The standard InChI is InChI=1S/C6H11O6P/c1-5(7)3-11-13(9,10)12-4-6(2)8/h3-4H2,1-2H3,(H,9,10). The number of hydrogen-bond acceptors (Lipinski definition) is 5. The second kappa shape index (κ2) is 5.24. The van der Waals surface area contributed by atoms with Gasteiger partial charge in [-0.2, -0.15) is 0 Å². The molecule has 0 aromatic heterocycles. The Bertz CT molecular complexity index is 226. The van der Waals surface area contributed by atoms with Crippen LogP contribution in [0.2, 0.25) is 0 Å². The van der Waals surface area contributed by atoms with Gasteiger partial charge in [0.1, 0.15) is 13.2 Å². The fraction of sp³-hybridized carbons (Fsp3) is 0.667. The lowest BCUT2D eigenvalue weighted by atomic mass is 10.5. The van der Waals surface area contributed by atoms with Crippen LogP contribution in [0.5, 0.6) is 0 Å². The van der Waals surface area contributed by atoms with Gasteiger partial charge in [0.05, 0.1) is 0 Å². The largest absolute Gasteiger partial charge is 0.473 e. The quantitative estimate of drug-likeness (QED) is 0.634. The predicted octanol–water partition coefficient (Wildman–Crippen LogP) is 0.298. The monoisotopic (exact) mass is 210 g/mol. The molecule has 1 N–H and O–H groups in total. The van der Waals surface area contributed by atoms with Gasteiger partial charge < -0.3 is 4.89 Å². The number of rotatable bonds is 6. The van der Waals surface area contributed by atoms with Crippen molar-refractivity contribution < 1.29 is 28.1 Å². The van der Waals surface area contributed by atoms with Crippen LogP contribution in [-0.4, -0.2) is 29.7 Å². The molecule has 76 valence electrons. The molecular weight excluding hydrogens is 199 g/mol. The van der Waals surface area contributed by atoms with E-state index in [0.29, 0.717) is 0 Å². The van der Waals surface area contributed by atoms with Gasteiger partial charge in [0.25, 0.3) is 0 Å². The molecule has 0 heterocycles. The molecule has 0 unspecified atom stereocenters. The smallest absolute Gasteiger partial charge is 0.302 e. The lowest BCUT2D eigenvalue weighted by molar-refractivity contribution is -0.120. The SMILES string of the molecule is CC(=O)COP(=O)(O)OCC(C)=O. The molecule has 6 nitrogen and oxygen atoms in total. The number of ketones is 2. The molecule has 0 aliphatic heterocycles. The van der Waals surface area contributed by atoms with Crippen LogP contribution in [0.1, 0.15) is 13.8 Å². The summed E-state index contributed by atoms with van der Waals surface area (Å²) >= 11 is 0. The Hall–Kier alpha value is -0.550. The molecule has 0 aromatic carbocycles. The first-order chi connectivity index (χ1) is 5.83. The molecule has 0 bridgehead atoms. The summed E-state index contributed by atoms with van der Waals surface area (Å²) in [5.41, 5.74) is 0. The zero-order valence-corrected chi connectivity index (χ0v) is 8.24. The van der Waals surface area contributed by atoms with Gasteiger partial charge in [0, 0.05) is 0 Å². The van der Waals surface area contributed by atoms with E-state index < -0.39 is 32.6 Å². The Morgan fingerprint density at radius 2 is 1.46 bits per heavy atom. The van der Waals surface area contributed by atoms with Crippen molar-refractivity contribution in [1.82, 2.24) is 0 Å². The molecule has 0 aliphatic rings. The van der Waals surface area contributed by atoms with Crippen LogP contribution in [0.25, 0.3) is 0 Å². The minimum Gasteiger partial charge on any atom is -0.302 e. The summed E-state index contributed by atoms with van der Waals surface area (Å²) in [6.45, 7) is 1.38. The minimum atomic E-state index is -4.24. The fourth-order valence-corrected chi connectivity index (χ4v) is 1.15. The maximum Gasteiger partial charge on any atom is 0.473 e. The first-order valence-electron chi connectivity index (χ1n) is 3.44. The molecule has 0 amide bonds. The average Bonchev–Trinajstić information content (AvgIpc) is 1.98. The van der Waals surface area contributed by atoms with Crippen molar-refractivity contribution in [3.63, 3.8) is 0 Å². The maximum atomic E-state index is 10.8. The molecule has 13 heavy (non-hydrogen) atoms. The van der Waals surface area contributed by atoms with E-state index in [9.17, 15) is 14.2 Å². The van der Waals surface area contributed by atoms with Crippen LogP contribution in [0.4, 0.5) is 0 Å². The minimum absolute atomic E-state index is 0.402. The summed E-state index contributed by atoms with van der Waals surface area (Å²) in [5.74, 6) is -0.804. The molecule has 0 saturated heterocycles. The fourth-order valence-electron chi connectivity index (χ4n) is 0.382. The maximum absolute atomic E-state index is 10.8. The van der Waals surface area contributed by atoms with E-state index in [1.54, 1.807) is 0 Å². The van der Waals surface area contributed by atoms with Crippen molar-refractivity contribution in [3.8, 4) is 0 Å². The highest BCUT2D eigenvalue weighted by Gasteiger charge is 2.22. The number of carbonyl (C=O) groups is 2. The van der Waals surface area contributed by atoms with Gasteiger partial charge in [-0.15, -0.1) is 0 Å². The van der Waals surface area contributed by atoms with Gasteiger partial charge in [-0.3, -0.25) is 18.6 Å². The lowest BCUT2D eigenvalue weighted by Crippen LogP contribution is -2.07. The summed E-state index contributed by atoms with van der Waals surface area (Å²) in [5, 5.41) is 0. The molecule has 0 aromatic rings. The van der Waals surface area contributed by atoms with Gasteiger partial charge in [0.15, 0.2) is 11.6 Å². The highest BCUT2D eigenvalue weighted by Crippen LogP contribution is 2.42. The second-order valence-electron chi connectivity index (χ2n) is 2.42. The average molecular weight is 210 g/mol. The molecule has 0 aliphatic carbocycles. The molecule has 0 fully saturated rings. The van der Waals surface area contributed by atoms with E-state index in [1.165, 1.54) is 13.8 Å². The van der Waals surface area contributed by atoms with E-state index in [4.69, 9.17) is 4.89 Å². The molecule has 0 rings (SSSR count). The lowest BCUT2D eigenvalue weighted by Gasteiger charge is -2.09. The van der Waals surface area contributed by atoms with Crippen molar-refractivity contribution in [2.75, 3.05) is 13.2 Å². The third-order valence-corrected chi connectivity index (χ3v) is 1.77. The topological polar surface area (TPSA) is 89.9 Å². The Morgan fingerprint density at radius 3 is 1.69 bits per heavy atom. The van der Waals surface area contributed by atoms with Gasteiger partial charge in [-0.1, -0.05) is 0 Å². The summed E-state index contributed by atoms with van der Waals surface area (Å²) in [6.07, 6.45) is 0. The summed E-state index contributed by atoms with van der Waals surface area (Å²) in [6, 6.07) is 0. The highest BCUT2D eigenvalue weighted by molar-refractivity contribution is 7.47. The third-order valence-electron chi connectivity index (χ3n) is 0.862. The van der Waals surface area contributed by atoms with E-state index >= 15 is 0 Å². The van der Waals surface area contributed by atoms with E-state index in [1.807, 2.05) is 0 Å². The van der Waals surface area contributed by atoms with E-state index in [0.717, 1.165) is 0 Å². The summed E-state index contributed by atoms with van der Waals surface area (Å²) < 4.78 is 19.3. The van der Waals surface area contributed by atoms with Crippen LogP contribution in [0.3, 0.4) is 0 Å². The van der Waals surface area contributed by atoms with Crippen LogP contribution < -0.4 is 0 Å². The zero-order chi connectivity index (χ0) is 10.5. The zero-order valence-electron chi connectivity index (χ0n) is 7.35. The number of hydrogen-bond donors (Lipinski definition) is 1. The van der Waals surface area contributed by atoms with E-state index in [-0.39, 0.29) is 0 Å². The Kier molecular flexibility index (Phi) is 5.02. The first-order valence-corrected chi connectivity index (χ1v) is 4.94. The Morgan fingerprint density at radius 1 is 1.15 bits per heavy atom. The van der Waals surface area contributed by atoms with Gasteiger partial charge in [0.2, 0.25) is 0 Å². The highest BCUT2D eigenvalue weighted by atomic mass is 31.2. The van der Waals surface area contributed by atoms with Crippen LogP contribution >= 0.6 is 7.82 Å². The Balaban J connectivity index is 3.87. The van der Waals surface area contributed by atoms with Crippen molar-refractivity contribution in [1.29, 1.82) is 0 Å². The molecule has 0 radical (unpaired) electrons. The van der Waals surface area contributed by atoms with Gasteiger partial charge in [-0.25, -0.2) is 4.57 Å². The van der Waals surface area contributed by atoms with Crippen LogP contribution in [0.15, 0.2) is 0 Å². The molecular formula is C6H11O6P. The third kappa shape index (κ3) is 7.80. The Labute approximate surface area is 75.5 Å². The predicted molar refractivity (Wildman–Crippen MR) is 43.1 cm³/mol. The van der Waals surface area contributed by atoms with E-state index in [2.05, 4.69) is 9.05 Å². The number of Topliss-reactive ketones (excluding diaryl/α,β-unsaturated/α-hetero) is 2. The molecule has 0 atom stereocenters. The summed E-state index contributed by atoms with van der Waals surface area (Å²) in [4.78, 5) is 29.5. The molecule has 7 heteroatoms. The number of phosphoric acid groups is 1. The molecule has 0 saturated carbocycles. The number of carbonyl (C=O) groups excluding carboxylic acids is 2. The second-order valence-corrected chi connectivity index (χ2v) is 3.87. The molecule has 0 spiro atoms. The van der Waals surface area contributed by atoms with Crippen LogP contribution in [0, 0.1) is 0 Å². The van der Waals surface area contributed by atoms with Crippen molar-refractivity contribution in [2.45, 2.75) is 13.8 Å². The normalized spacial score (nSPS) is 11.3. The summed E-state index contributed by atoms with van der Waals surface area (Å²) in [7, 11) is -4.24. The van der Waals surface area contributed by atoms with Gasteiger partial charge in [-0.05, 0) is 13.8 Å².